The molecule has 1 heterocycles. The van der Waals surface area contributed by atoms with E-state index < -0.39 is 0 Å². The normalized spacial score (nSPS) is 13.4. The van der Waals surface area contributed by atoms with Crippen LogP contribution < -0.4 is 10.1 Å². The number of nitrogens with one attached hydrogen (secondary N) is 1. The Kier molecular flexibility index (Phi) is 4.02. The van der Waals surface area contributed by atoms with E-state index in [0.717, 1.165) is 30.8 Å². The van der Waals surface area contributed by atoms with Crippen molar-refractivity contribution in [3.8, 4) is 11.8 Å². The van der Waals surface area contributed by atoms with Crippen LogP contribution in [0.5, 0.6) is 11.8 Å². The molecule has 0 aliphatic heterocycles. The zero-order valence-electron chi connectivity index (χ0n) is 11.8. The van der Waals surface area contributed by atoms with Crippen LogP contribution in [0.1, 0.15) is 36.6 Å². The molecular formula is C16H20N2O2. The summed E-state index contributed by atoms with van der Waals surface area (Å²) in [7, 11) is 0. The predicted molar refractivity (Wildman–Crippen MR) is 77.0 cm³/mol. The molecule has 4 heteroatoms. The molecule has 1 N–H and O–H groups in total. The molecular weight excluding hydrogens is 252 g/mol. The van der Waals surface area contributed by atoms with E-state index in [9.17, 15) is 0 Å². The van der Waals surface area contributed by atoms with Gasteiger partial charge >= 0.3 is 6.08 Å². The van der Waals surface area contributed by atoms with E-state index in [1.54, 1.807) is 6.26 Å². The number of hydrogen-bond donors (Lipinski definition) is 1. The second-order valence-electron chi connectivity index (χ2n) is 5.17. The van der Waals surface area contributed by atoms with Gasteiger partial charge in [0.15, 0.2) is 0 Å². The van der Waals surface area contributed by atoms with Crippen molar-refractivity contribution in [3.05, 3.63) is 41.3 Å². The number of fused-ring (bicyclic) bond motifs is 1. The third-order valence-electron chi connectivity index (χ3n) is 3.54. The van der Waals surface area contributed by atoms with Crippen molar-refractivity contribution in [1.82, 2.24) is 10.3 Å². The maximum Gasteiger partial charge on any atom is 0.399 e. The van der Waals surface area contributed by atoms with Crippen LogP contribution in [-0.2, 0) is 19.4 Å². The van der Waals surface area contributed by atoms with Crippen LogP contribution in [0, 0.1) is 0 Å². The summed E-state index contributed by atoms with van der Waals surface area (Å²) in [5.41, 5.74) is 3.70. The van der Waals surface area contributed by atoms with Crippen LogP contribution in [0.15, 0.2) is 28.9 Å². The molecule has 1 aromatic carbocycles. The average Bonchev–Trinajstić information content (AvgIpc) is 3.08. The summed E-state index contributed by atoms with van der Waals surface area (Å²) >= 11 is 0. The SMILES string of the molecule is CCCNCc1coc(Oc2ccc3c(c2)CCC3)n1. The lowest BCUT2D eigenvalue weighted by molar-refractivity contribution is 0.330. The Labute approximate surface area is 119 Å². The second-order valence-corrected chi connectivity index (χ2v) is 5.17. The number of hydrogen-bond acceptors (Lipinski definition) is 4. The molecule has 3 rings (SSSR count). The van der Waals surface area contributed by atoms with Gasteiger partial charge in [0.25, 0.3) is 0 Å². The highest BCUT2D eigenvalue weighted by atomic mass is 16.6. The molecule has 1 aromatic heterocycles. The highest BCUT2D eigenvalue weighted by Crippen LogP contribution is 2.28. The van der Waals surface area contributed by atoms with Crippen LogP contribution >= 0.6 is 0 Å². The molecule has 4 nitrogen and oxygen atoms in total. The van der Waals surface area contributed by atoms with Crippen molar-refractivity contribution < 1.29 is 9.15 Å². The Morgan fingerprint density at radius 1 is 1.30 bits per heavy atom. The van der Waals surface area contributed by atoms with E-state index in [2.05, 4.69) is 29.4 Å². The summed E-state index contributed by atoms with van der Waals surface area (Å²) < 4.78 is 11.0. The summed E-state index contributed by atoms with van der Waals surface area (Å²) in [5, 5.41) is 3.28. The molecule has 1 aliphatic rings. The summed E-state index contributed by atoms with van der Waals surface area (Å²) in [6.45, 7) is 3.83. The van der Waals surface area contributed by atoms with Crippen molar-refractivity contribution >= 4 is 0 Å². The van der Waals surface area contributed by atoms with Crippen molar-refractivity contribution in [2.24, 2.45) is 0 Å². The smallest absolute Gasteiger partial charge is 0.399 e. The monoisotopic (exact) mass is 272 g/mol. The van der Waals surface area contributed by atoms with Gasteiger partial charge in [0.05, 0.1) is 5.69 Å². The van der Waals surface area contributed by atoms with E-state index >= 15 is 0 Å². The van der Waals surface area contributed by atoms with Gasteiger partial charge in [0.1, 0.15) is 12.0 Å². The quantitative estimate of drug-likeness (QED) is 0.818. The van der Waals surface area contributed by atoms with Crippen molar-refractivity contribution in [3.63, 3.8) is 0 Å². The Balaban J connectivity index is 1.63. The second kappa shape index (κ2) is 6.09. The van der Waals surface area contributed by atoms with Gasteiger partial charge in [-0.25, -0.2) is 0 Å². The Morgan fingerprint density at radius 3 is 3.10 bits per heavy atom. The molecule has 0 saturated carbocycles. The minimum absolute atomic E-state index is 0.316. The molecule has 106 valence electrons. The molecule has 0 fully saturated rings. The molecule has 0 amide bonds. The Bertz CT molecular complexity index is 578. The zero-order valence-corrected chi connectivity index (χ0v) is 11.8. The molecule has 0 saturated heterocycles. The number of aromatic nitrogens is 1. The highest BCUT2D eigenvalue weighted by molar-refractivity contribution is 5.39. The number of aryl methyl sites for hydroxylation is 2. The van der Waals surface area contributed by atoms with E-state index in [4.69, 9.17) is 9.15 Å². The molecule has 0 spiro atoms. The van der Waals surface area contributed by atoms with Gasteiger partial charge in [0, 0.05) is 6.54 Å². The topological polar surface area (TPSA) is 47.3 Å². The number of oxazole rings is 1. The average molecular weight is 272 g/mol. The Morgan fingerprint density at radius 2 is 2.20 bits per heavy atom. The van der Waals surface area contributed by atoms with Gasteiger partial charge in [-0.3, -0.25) is 0 Å². The first kappa shape index (κ1) is 13.2. The molecule has 0 bridgehead atoms. The van der Waals surface area contributed by atoms with Crippen molar-refractivity contribution in [2.45, 2.75) is 39.2 Å². The molecule has 0 radical (unpaired) electrons. The Hall–Kier alpha value is -1.81. The fraction of sp³-hybridized carbons (Fsp3) is 0.438. The zero-order chi connectivity index (χ0) is 13.8. The van der Waals surface area contributed by atoms with Crippen molar-refractivity contribution in [2.75, 3.05) is 6.54 Å². The maximum absolute atomic E-state index is 5.69. The van der Waals surface area contributed by atoms with Crippen LogP contribution in [0.4, 0.5) is 0 Å². The van der Waals surface area contributed by atoms with Gasteiger partial charge in [-0.15, -0.1) is 0 Å². The van der Waals surface area contributed by atoms with Crippen LogP contribution in [0.3, 0.4) is 0 Å². The molecule has 1 aliphatic carbocycles. The minimum Gasteiger partial charge on any atom is -0.417 e. The lowest BCUT2D eigenvalue weighted by Gasteiger charge is -2.03. The number of ether oxygens (including phenoxy) is 1. The van der Waals surface area contributed by atoms with Crippen LogP contribution in [-0.4, -0.2) is 11.5 Å². The van der Waals surface area contributed by atoms with Gasteiger partial charge in [-0.2, -0.15) is 4.98 Å². The standard InChI is InChI=1S/C16H20N2O2/c1-2-8-17-10-14-11-19-16(18-14)20-15-7-6-12-4-3-5-13(12)9-15/h6-7,9,11,17H,2-5,8,10H2,1H3. The first-order valence-corrected chi connectivity index (χ1v) is 7.30. The molecule has 2 aromatic rings. The predicted octanol–water partition coefficient (Wildman–Crippen LogP) is 3.46. The van der Waals surface area contributed by atoms with Crippen LogP contribution in [0.25, 0.3) is 0 Å². The third-order valence-corrected chi connectivity index (χ3v) is 3.54. The van der Waals surface area contributed by atoms with E-state index in [1.165, 1.54) is 24.0 Å². The highest BCUT2D eigenvalue weighted by Gasteiger charge is 2.12. The number of benzene rings is 1. The summed E-state index contributed by atoms with van der Waals surface area (Å²) in [6.07, 6.45) is 6.63. The third kappa shape index (κ3) is 3.02. The maximum atomic E-state index is 5.69. The summed E-state index contributed by atoms with van der Waals surface area (Å²) in [4.78, 5) is 4.32. The van der Waals surface area contributed by atoms with Gasteiger partial charge in [-0.1, -0.05) is 13.0 Å². The molecule has 20 heavy (non-hydrogen) atoms. The lowest BCUT2D eigenvalue weighted by atomic mass is 10.1. The number of rotatable bonds is 6. The molecule has 0 atom stereocenters. The fourth-order valence-corrected chi connectivity index (χ4v) is 2.52. The summed E-state index contributed by atoms with van der Waals surface area (Å²) in [6, 6.07) is 6.23. The van der Waals surface area contributed by atoms with E-state index in [1.807, 2.05) is 6.07 Å². The van der Waals surface area contributed by atoms with Gasteiger partial charge in [-0.05, 0) is 55.5 Å². The molecule has 0 unspecified atom stereocenters. The largest absolute Gasteiger partial charge is 0.417 e. The first-order chi connectivity index (χ1) is 9.85. The fourth-order valence-electron chi connectivity index (χ4n) is 2.52. The first-order valence-electron chi connectivity index (χ1n) is 7.30. The number of nitrogens with zero attached hydrogens (tertiary/aromatic N) is 1. The van der Waals surface area contributed by atoms with Crippen LogP contribution in [0.2, 0.25) is 0 Å². The summed E-state index contributed by atoms with van der Waals surface area (Å²) in [5.74, 6) is 0.806. The van der Waals surface area contributed by atoms with Crippen molar-refractivity contribution in [1.29, 1.82) is 0 Å². The van der Waals surface area contributed by atoms with Gasteiger partial charge < -0.3 is 14.5 Å². The van der Waals surface area contributed by atoms with E-state index in [-0.39, 0.29) is 0 Å². The van der Waals surface area contributed by atoms with Gasteiger partial charge in [0.2, 0.25) is 0 Å². The van der Waals surface area contributed by atoms with E-state index in [0.29, 0.717) is 12.6 Å². The minimum atomic E-state index is 0.316. The lowest BCUT2D eigenvalue weighted by Crippen LogP contribution is -2.13.